The van der Waals surface area contributed by atoms with Gasteiger partial charge in [-0.1, -0.05) is 389 Å². The standard InChI is InChI=1S/C84H164O17P2/c1-8-10-11-12-13-14-29-36-44-51-58-65-81(86)94-72-80(101-84(89)68-61-54-47-40-39-42-49-56-63-76(5)6)74-99-103(92,93)97-70-78(85)69-96-102(90,91)98-73-79(71-95-82(87)66-59-52-45-37-32-27-23-20-19-21-25-30-34-41-48-55-62-75(3)4)100-83(88)67-60-53-46-38-33-28-24-18-16-15-17-22-26-31-35-43-50-57-64-77(7)9-2/h75-80,85H,8-74H2,1-7H3,(H,90,91)(H,92,93)/t77?,78-,79-,80-/m1/s1. The fourth-order valence-electron chi connectivity index (χ4n) is 13.0. The van der Waals surface area contributed by atoms with Crippen LogP contribution in [-0.2, 0) is 65.4 Å². The summed E-state index contributed by atoms with van der Waals surface area (Å²) >= 11 is 0. The highest BCUT2D eigenvalue weighted by Crippen LogP contribution is 2.45. The van der Waals surface area contributed by atoms with Gasteiger partial charge < -0.3 is 33.8 Å². The molecule has 3 unspecified atom stereocenters. The van der Waals surface area contributed by atoms with Crippen molar-refractivity contribution in [1.29, 1.82) is 0 Å². The lowest BCUT2D eigenvalue weighted by Gasteiger charge is -2.21. The van der Waals surface area contributed by atoms with Crippen molar-refractivity contribution in [2.45, 2.75) is 458 Å². The van der Waals surface area contributed by atoms with Crippen molar-refractivity contribution in [3.63, 3.8) is 0 Å². The Morgan fingerprint density at radius 2 is 0.495 bits per heavy atom. The van der Waals surface area contributed by atoms with Crippen LogP contribution in [0.25, 0.3) is 0 Å². The quantitative estimate of drug-likeness (QED) is 0.0222. The monoisotopic (exact) mass is 1510 g/mol. The van der Waals surface area contributed by atoms with Gasteiger partial charge in [0.1, 0.15) is 19.3 Å². The predicted molar refractivity (Wildman–Crippen MR) is 423 cm³/mol. The summed E-state index contributed by atoms with van der Waals surface area (Å²) in [5, 5.41) is 10.7. The lowest BCUT2D eigenvalue weighted by Crippen LogP contribution is -2.30. The lowest BCUT2D eigenvalue weighted by molar-refractivity contribution is -0.161. The molecule has 0 saturated carbocycles. The van der Waals surface area contributed by atoms with Crippen molar-refractivity contribution in [2.75, 3.05) is 39.6 Å². The van der Waals surface area contributed by atoms with E-state index in [2.05, 4.69) is 48.5 Å². The molecular weight excluding hydrogens is 1340 g/mol. The van der Waals surface area contributed by atoms with E-state index in [4.69, 9.17) is 37.0 Å². The van der Waals surface area contributed by atoms with E-state index >= 15 is 0 Å². The molecule has 0 aliphatic heterocycles. The summed E-state index contributed by atoms with van der Waals surface area (Å²) in [6, 6.07) is 0. The van der Waals surface area contributed by atoms with Crippen LogP contribution in [0.5, 0.6) is 0 Å². The molecule has 0 aliphatic rings. The maximum atomic E-state index is 13.1. The van der Waals surface area contributed by atoms with Gasteiger partial charge in [-0.05, 0) is 43.4 Å². The molecule has 3 N–H and O–H groups in total. The molecule has 19 heteroatoms. The molecule has 17 nitrogen and oxygen atoms in total. The summed E-state index contributed by atoms with van der Waals surface area (Å²) in [7, 11) is -9.92. The molecule has 0 amide bonds. The molecule has 0 bridgehead atoms. The van der Waals surface area contributed by atoms with E-state index in [0.717, 1.165) is 108 Å². The Hall–Kier alpha value is -1.94. The first-order valence-electron chi connectivity index (χ1n) is 43.4. The van der Waals surface area contributed by atoms with Gasteiger partial charge in [-0.3, -0.25) is 37.3 Å². The summed E-state index contributed by atoms with van der Waals surface area (Å²) in [5.41, 5.74) is 0. The molecule has 6 atom stereocenters. The molecule has 103 heavy (non-hydrogen) atoms. The summed E-state index contributed by atoms with van der Waals surface area (Å²) in [4.78, 5) is 73.1. The molecule has 0 aliphatic carbocycles. The van der Waals surface area contributed by atoms with Crippen molar-refractivity contribution in [3.8, 4) is 0 Å². The number of ether oxygens (including phenoxy) is 4. The normalized spacial score (nSPS) is 14.2. The van der Waals surface area contributed by atoms with Crippen LogP contribution < -0.4 is 0 Å². The number of aliphatic hydroxyl groups is 1. The second-order valence-electron chi connectivity index (χ2n) is 31.4. The van der Waals surface area contributed by atoms with Crippen molar-refractivity contribution < 1.29 is 80.2 Å². The van der Waals surface area contributed by atoms with Crippen molar-refractivity contribution in [1.82, 2.24) is 0 Å². The minimum atomic E-state index is -4.96. The number of phosphoric acid groups is 2. The van der Waals surface area contributed by atoms with Gasteiger partial charge in [0.25, 0.3) is 0 Å². The van der Waals surface area contributed by atoms with Gasteiger partial charge in [0.2, 0.25) is 0 Å². The van der Waals surface area contributed by atoms with Crippen LogP contribution in [0.1, 0.15) is 440 Å². The van der Waals surface area contributed by atoms with E-state index in [-0.39, 0.29) is 25.7 Å². The van der Waals surface area contributed by atoms with Crippen molar-refractivity contribution >= 4 is 39.5 Å². The second-order valence-corrected chi connectivity index (χ2v) is 34.3. The second kappa shape index (κ2) is 74.2. The van der Waals surface area contributed by atoms with Gasteiger partial charge >= 0.3 is 39.5 Å². The summed E-state index contributed by atoms with van der Waals surface area (Å²) in [6.45, 7) is 12.0. The number of phosphoric ester groups is 2. The third-order valence-electron chi connectivity index (χ3n) is 20.0. The lowest BCUT2D eigenvalue weighted by atomic mass is 9.99. The predicted octanol–water partition coefficient (Wildman–Crippen LogP) is 25.3. The zero-order valence-corrected chi connectivity index (χ0v) is 69.6. The van der Waals surface area contributed by atoms with Crippen LogP contribution in [-0.4, -0.2) is 96.7 Å². The Labute approximate surface area is 632 Å². The Kier molecular flexibility index (Phi) is 72.8. The topological polar surface area (TPSA) is 237 Å². The first kappa shape index (κ1) is 101. The van der Waals surface area contributed by atoms with Gasteiger partial charge in [-0.15, -0.1) is 0 Å². The molecule has 0 aromatic rings. The SMILES string of the molecule is CCCCCCCCCCCCCC(=O)OC[C@H](COP(=O)(O)OC[C@H](O)COP(=O)(O)OC[C@@H](COC(=O)CCCCCCCCCCCCCCCCCCC(C)C)OC(=O)CCCCCCCCCCCCCCCCCCCCC(C)CC)OC(=O)CCCCCCCCCCC(C)C. The highest BCUT2D eigenvalue weighted by atomic mass is 31.2. The number of carbonyl (C=O) groups is 4. The van der Waals surface area contributed by atoms with Crippen molar-refractivity contribution in [2.24, 2.45) is 17.8 Å². The van der Waals surface area contributed by atoms with Crippen LogP contribution in [0.4, 0.5) is 0 Å². The maximum absolute atomic E-state index is 13.1. The molecule has 0 radical (unpaired) electrons. The maximum Gasteiger partial charge on any atom is 0.472 e. The fourth-order valence-corrected chi connectivity index (χ4v) is 14.6. The number of esters is 4. The van der Waals surface area contributed by atoms with E-state index in [1.54, 1.807) is 0 Å². The third kappa shape index (κ3) is 76.6. The number of rotatable bonds is 82. The largest absolute Gasteiger partial charge is 0.472 e. The van der Waals surface area contributed by atoms with Crippen LogP contribution in [0.2, 0.25) is 0 Å². The van der Waals surface area contributed by atoms with Crippen LogP contribution in [0, 0.1) is 17.8 Å². The molecule has 0 aromatic heterocycles. The van der Waals surface area contributed by atoms with Gasteiger partial charge in [0.05, 0.1) is 26.4 Å². The van der Waals surface area contributed by atoms with E-state index in [1.165, 1.54) is 250 Å². The highest BCUT2D eigenvalue weighted by molar-refractivity contribution is 7.47. The summed E-state index contributed by atoms with van der Waals surface area (Å²) < 4.78 is 68.8. The number of hydrogen-bond acceptors (Lipinski definition) is 15. The Morgan fingerprint density at radius 1 is 0.282 bits per heavy atom. The number of unbranched alkanes of at least 4 members (excludes halogenated alkanes) is 49. The van der Waals surface area contributed by atoms with E-state index in [9.17, 15) is 43.2 Å². The fraction of sp³-hybridized carbons (Fsp3) is 0.952. The first-order valence-corrected chi connectivity index (χ1v) is 46.4. The zero-order chi connectivity index (χ0) is 75.8. The number of aliphatic hydroxyl groups excluding tert-OH is 1. The average molecular weight is 1510 g/mol. The van der Waals surface area contributed by atoms with Gasteiger partial charge in [0, 0.05) is 25.7 Å². The molecule has 0 saturated heterocycles. The first-order chi connectivity index (χ1) is 49.8. The Morgan fingerprint density at radius 3 is 0.738 bits per heavy atom. The number of carbonyl (C=O) groups excluding carboxylic acids is 4. The Balaban J connectivity index is 5.21. The minimum absolute atomic E-state index is 0.105. The van der Waals surface area contributed by atoms with Crippen molar-refractivity contribution in [3.05, 3.63) is 0 Å². The molecule has 0 rings (SSSR count). The molecule has 0 heterocycles. The zero-order valence-electron chi connectivity index (χ0n) is 67.8. The molecular formula is C84H164O17P2. The third-order valence-corrected chi connectivity index (χ3v) is 21.9. The van der Waals surface area contributed by atoms with E-state index in [0.29, 0.717) is 25.7 Å². The molecule has 612 valence electrons. The Bertz CT molecular complexity index is 1990. The summed E-state index contributed by atoms with van der Waals surface area (Å²) in [5.74, 6) is 0.293. The summed E-state index contributed by atoms with van der Waals surface area (Å²) in [6.07, 6.45) is 63.9. The van der Waals surface area contributed by atoms with E-state index < -0.39 is 97.5 Å². The molecule has 0 aromatic carbocycles. The molecule has 0 fully saturated rings. The average Bonchev–Trinajstić information content (AvgIpc) is 0.953. The van der Waals surface area contributed by atoms with Gasteiger partial charge in [-0.25, -0.2) is 9.13 Å². The number of hydrogen-bond donors (Lipinski definition) is 3. The van der Waals surface area contributed by atoms with Gasteiger partial charge in [0.15, 0.2) is 12.2 Å². The van der Waals surface area contributed by atoms with Gasteiger partial charge in [-0.2, -0.15) is 0 Å². The van der Waals surface area contributed by atoms with E-state index in [1.807, 2.05) is 0 Å². The molecule has 0 spiro atoms. The van der Waals surface area contributed by atoms with Crippen LogP contribution in [0.15, 0.2) is 0 Å². The van der Waals surface area contributed by atoms with Crippen LogP contribution >= 0.6 is 15.6 Å². The smallest absolute Gasteiger partial charge is 0.462 e. The minimum Gasteiger partial charge on any atom is -0.462 e. The highest BCUT2D eigenvalue weighted by Gasteiger charge is 2.30. The van der Waals surface area contributed by atoms with Crippen LogP contribution in [0.3, 0.4) is 0 Å².